The molecule has 0 bridgehead atoms. The van der Waals surface area contributed by atoms with Gasteiger partial charge in [0.1, 0.15) is 6.42 Å². The molecule has 1 heterocycles. The van der Waals surface area contributed by atoms with Crippen molar-refractivity contribution >= 4 is 5.97 Å². The molecule has 0 aromatic carbocycles. The third kappa shape index (κ3) is 3.08. The first-order valence-corrected chi connectivity index (χ1v) is 4.46. The number of nitrogens with zero attached hydrogens (tertiary/aromatic N) is 1. The molecule has 1 aromatic heterocycles. The lowest BCUT2D eigenvalue weighted by Crippen LogP contribution is -2.09. The first-order valence-electron chi connectivity index (χ1n) is 4.46. The highest BCUT2D eigenvalue weighted by atomic mass is 16.5. The second kappa shape index (κ2) is 4.64. The van der Waals surface area contributed by atoms with Gasteiger partial charge in [-0.25, -0.2) is 0 Å². The highest BCUT2D eigenvalue weighted by Crippen LogP contribution is 2.14. The van der Waals surface area contributed by atoms with Crippen molar-refractivity contribution in [2.45, 2.75) is 32.8 Å². The van der Waals surface area contributed by atoms with Crippen LogP contribution in [-0.2, 0) is 11.2 Å². The van der Waals surface area contributed by atoms with Gasteiger partial charge in [-0.15, -0.1) is 0 Å². The van der Waals surface area contributed by atoms with Crippen LogP contribution in [0.15, 0.2) is 10.6 Å². The lowest BCUT2D eigenvalue weighted by Gasteiger charge is -2.07. The summed E-state index contributed by atoms with van der Waals surface area (Å²) >= 11 is 0. The summed E-state index contributed by atoms with van der Waals surface area (Å²) in [6.07, 6.45) is 0.746. The van der Waals surface area contributed by atoms with E-state index < -0.39 is 5.97 Å². The zero-order chi connectivity index (χ0) is 10.6. The minimum absolute atomic E-state index is 0.0535. The average molecular weight is 199 g/mol. The summed E-state index contributed by atoms with van der Waals surface area (Å²) in [5, 5.41) is 12.1. The molecule has 0 aliphatic rings. The molecule has 14 heavy (non-hydrogen) atoms. The van der Waals surface area contributed by atoms with E-state index in [1.54, 1.807) is 0 Å². The zero-order valence-electron chi connectivity index (χ0n) is 8.19. The van der Waals surface area contributed by atoms with Crippen molar-refractivity contribution in [3.05, 3.63) is 11.8 Å². The van der Waals surface area contributed by atoms with Crippen LogP contribution in [0.5, 0.6) is 5.88 Å². The summed E-state index contributed by atoms with van der Waals surface area (Å²) in [6.45, 7) is 3.90. The van der Waals surface area contributed by atoms with Gasteiger partial charge in [0.25, 0.3) is 5.88 Å². The molecule has 0 saturated heterocycles. The fraction of sp³-hybridized carbons (Fsp3) is 0.556. The van der Waals surface area contributed by atoms with Crippen LogP contribution in [0.25, 0.3) is 0 Å². The molecule has 0 aliphatic carbocycles. The van der Waals surface area contributed by atoms with Crippen molar-refractivity contribution in [3.8, 4) is 5.88 Å². The zero-order valence-corrected chi connectivity index (χ0v) is 8.19. The quantitative estimate of drug-likeness (QED) is 0.777. The van der Waals surface area contributed by atoms with E-state index in [4.69, 9.17) is 14.4 Å². The van der Waals surface area contributed by atoms with Crippen LogP contribution < -0.4 is 4.74 Å². The van der Waals surface area contributed by atoms with Gasteiger partial charge in [0.2, 0.25) is 0 Å². The molecular weight excluding hydrogens is 186 g/mol. The summed E-state index contributed by atoms with van der Waals surface area (Å²) in [6, 6.07) is 1.50. The van der Waals surface area contributed by atoms with Crippen molar-refractivity contribution in [2.75, 3.05) is 0 Å². The van der Waals surface area contributed by atoms with Gasteiger partial charge in [-0.3, -0.25) is 4.79 Å². The molecule has 0 saturated carbocycles. The highest BCUT2D eigenvalue weighted by Gasteiger charge is 2.10. The molecule has 0 spiro atoms. The fourth-order valence-corrected chi connectivity index (χ4v) is 0.871. The van der Waals surface area contributed by atoms with Crippen LogP contribution in [-0.4, -0.2) is 22.3 Å². The van der Waals surface area contributed by atoms with Gasteiger partial charge in [-0.1, -0.05) is 6.92 Å². The standard InChI is InChI=1S/C9H13NO4/c1-3-6(2)13-8-4-7(14-10-8)5-9(11)12/h4,6H,3,5H2,1-2H3,(H,11,12)/t6-/m1/s1. The van der Waals surface area contributed by atoms with Crippen LogP contribution in [0.3, 0.4) is 0 Å². The smallest absolute Gasteiger partial charge is 0.311 e. The Morgan fingerprint density at radius 1 is 1.79 bits per heavy atom. The summed E-state index contributed by atoms with van der Waals surface area (Å²) in [5.74, 6) is -0.303. The Kier molecular flexibility index (Phi) is 3.50. The van der Waals surface area contributed by atoms with E-state index in [1.165, 1.54) is 6.07 Å². The second-order valence-electron chi connectivity index (χ2n) is 3.04. The lowest BCUT2D eigenvalue weighted by molar-refractivity contribution is -0.136. The summed E-state index contributed by atoms with van der Waals surface area (Å²) in [7, 11) is 0. The average Bonchev–Trinajstić information content (AvgIpc) is 2.51. The maximum Gasteiger partial charge on any atom is 0.311 e. The number of hydrogen-bond acceptors (Lipinski definition) is 4. The van der Waals surface area contributed by atoms with Crippen LogP contribution in [0.2, 0.25) is 0 Å². The van der Waals surface area contributed by atoms with Gasteiger partial charge in [-0.05, 0) is 18.5 Å². The van der Waals surface area contributed by atoms with Gasteiger partial charge in [0.15, 0.2) is 5.76 Å². The molecule has 1 rings (SSSR count). The lowest BCUT2D eigenvalue weighted by atomic mass is 10.3. The predicted molar refractivity (Wildman–Crippen MR) is 48.2 cm³/mol. The molecule has 0 radical (unpaired) electrons. The first kappa shape index (κ1) is 10.6. The number of aromatic nitrogens is 1. The van der Waals surface area contributed by atoms with Crippen molar-refractivity contribution in [1.29, 1.82) is 0 Å². The van der Waals surface area contributed by atoms with Gasteiger partial charge >= 0.3 is 5.97 Å². The Bertz CT molecular complexity index is 308. The van der Waals surface area contributed by atoms with Crippen molar-refractivity contribution < 1.29 is 19.2 Å². The molecule has 1 aromatic rings. The minimum atomic E-state index is -0.948. The predicted octanol–water partition coefficient (Wildman–Crippen LogP) is 1.48. The van der Waals surface area contributed by atoms with E-state index in [1.807, 2.05) is 13.8 Å². The number of aliphatic carboxylic acids is 1. The highest BCUT2D eigenvalue weighted by molar-refractivity contribution is 5.69. The van der Waals surface area contributed by atoms with E-state index >= 15 is 0 Å². The van der Waals surface area contributed by atoms with Crippen molar-refractivity contribution in [3.63, 3.8) is 0 Å². The van der Waals surface area contributed by atoms with E-state index in [9.17, 15) is 4.79 Å². The Morgan fingerprint density at radius 3 is 3.07 bits per heavy atom. The minimum Gasteiger partial charge on any atom is -0.481 e. The summed E-state index contributed by atoms with van der Waals surface area (Å²) in [5.41, 5.74) is 0. The largest absolute Gasteiger partial charge is 0.481 e. The molecule has 1 N–H and O–H groups in total. The molecule has 5 heteroatoms. The number of rotatable bonds is 5. The van der Waals surface area contributed by atoms with Gasteiger partial charge < -0.3 is 14.4 Å². The van der Waals surface area contributed by atoms with E-state index in [0.29, 0.717) is 11.6 Å². The molecule has 0 aliphatic heterocycles. The SMILES string of the molecule is CC[C@@H](C)Oc1cc(CC(=O)O)on1. The molecule has 78 valence electrons. The normalized spacial score (nSPS) is 12.4. The molecular formula is C9H13NO4. The Labute approximate surface area is 81.7 Å². The maximum absolute atomic E-state index is 10.3. The number of carbonyl (C=O) groups is 1. The van der Waals surface area contributed by atoms with Crippen molar-refractivity contribution in [1.82, 2.24) is 5.16 Å². The third-order valence-corrected chi connectivity index (χ3v) is 1.76. The fourth-order valence-electron chi connectivity index (χ4n) is 0.871. The van der Waals surface area contributed by atoms with Crippen LogP contribution >= 0.6 is 0 Å². The van der Waals surface area contributed by atoms with Crippen LogP contribution in [0, 0.1) is 0 Å². The molecule has 5 nitrogen and oxygen atoms in total. The summed E-state index contributed by atoms with van der Waals surface area (Å²) < 4.78 is 10.1. The number of carboxylic acids is 1. The Hall–Kier alpha value is -1.52. The Morgan fingerprint density at radius 2 is 2.50 bits per heavy atom. The first-order chi connectivity index (χ1) is 6.61. The van der Waals surface area contributed by atoms with Gasteiger partial charge in [-0.2, -0.15) is 0 Å². The van der Waals surface area contributed by atoms with E-state index in [0.717, 1.165) is 6.42 Å². The van der Waals surface area contributed by atoms with Crippen molar-refractivity contribution in [2.24, 2.45) is 0 Å². The third-order valence-electron chi connectivity index (χ3n) is 1.76. The molecule has 0 amide bonds. The maximum atomic E-state index is 10.3. The number of ether oxygens (including phenoxy) is 1. The van der Waals surface area contributed by atoms with Crippen LogP contribution in [0.4, 0.5) is 0 Å². The second-order valence-corrected chi connectivity index (χ2v) is 3.04. The monoisotopic (exact) mass is 199 g/mol. The molecule has 0 unspecified atom stereocenters. The van der Waals surface area contributed by atoms with E-state index in [2.05, 4.69) is 5.16 Å². The Balaban J connectivity index is 2.54. The summed E-state index contributed by atoms with van der Waals surface area (Å²) in [4.78, 5) is 10.3. The molecule has 1 atom stereocenters. The number of carboxylic acid groups (broad SMARTS) is 1. The number of hydrogen-bond donors (Lipinski definition) is 1. The topological polar surface area (TPSA) is 72.6 Å². The van der Waals surface area contributed by atoms with Crippen LogP contribution in [0.1, 0.15) is 26.0 Å². The van der Waals surface area contributed by atoms with E-state index in [-0.39, 0.29) is 12.5 Å². The van der Waals surface area contributed by atoms with Gasteiger partial charge in [0, 0.05) is 6.07 Å². The van der Waals surface area contributed by atoms with Gasteiger partial charge in [0.05, 0.1) is 6.10 Å². The molecule has 0 fully saturated rings.